The van der Waals surface area contributed by atoms with Crippen LogP contribution in [-0.4, -0.2) is 63.4 Å². The van der Waals surface area contributed by atoms with Gasteiger partial charge in [-0.1, -0.05) is 0 Å². The standard InChI is InChI=1S/C11H20N2O3/c1-15-9-6-13(7-10(9)16-2)11(14)8-3-4-12-5-8/h8-10,12H,3-7H2,1-2H3/t8-,9+,10+/m0/s1. The molecule has 2 aliphatic heterocycles. The Morgan fingerprint density at radius 2 is 1.88 bits per heavy atom. The molecule has 5 nitrogen and oxygen atoms in total. The van der Waals surface area contributed by atoms with Crippen LogP contribution < -0.4 is 5.32 Å². The van der Waals surface area contributed by atoms with Crippen molar-refractivity contribution in [2.45, 2.75) is 18.6 Å². The number of rotatable bonds is 3. The van der Waals surface area contributed by atoms with E-state index in [2.05, 4.69) is 5.32 Å². The van der Waals surface area contributed by atoms with E-state index >= 15 is 0 Å². The van der Waals surface area contributed by atoms with Crippen LogP contribution >= 0.6 is 0 Å². The Morgan fingerprint density at radius 1 is 1.25 bits per heavy atom. The van der Waals surface area contributed by atoms with E-state index < -0.39 is 0 Å². The summed E-state index contributed by atoms with van der Waals surface area (Å²) in [6.07, 6.45) is 0.983. The van der Waals surface area contributed by atoms with E-state index in [0.29, 0.717) is 13.1 Å². The Kier molecular flexibility index (Phi) is 3.78. The lowest BCUT2D eigenvalue weighted by Crippen LogP contribution is -2.36. The van der Waals surface area contributed by atoms with Crippen LogP contribution in [0.3, 0.4) is 0 Å². The van der Waals surface area contributed by atoms with Gasteiger partial charge in [-0.2, -0.15) is 0 Å². The van der Waals surface area contributed by atoms with Crippen LogP contribution in [0.15, 0.2) is 0 Å². The third-order valence-corrected chi connectivity index (χ3v) is 3.54. The minimum atomic E-state index is 0.0170. The molecule has 92 valence electrons. The maximum atomic E-state index is 12.1. The van der Waals surface area contributed by atoms with Gasteiger partial charge in [0.25, 0.3) is 0 Å². The lowest BCUT2D eigenvalue weighted by Gasteiger charge is -2.19. The van der Waals surface area contributed by atoms with E-state index in [9.17, 15) is 4.79 Å². The number of ether oxygens (including phenoxy) is 2. The number of carbonyl (C=O) groups excluding carboxylic acids is 1. The highest BCUT2D eigenvalue weighted by Gasteiger charge is 2.38. The lowest BCUT2D eigenvalue weighted by molar-refractivity contribution is -0.134. The highest BCUT2D eigenvalue weighted by Crippen LogP contribution is 2.20. The Morgan fingerprint density at radius 3 is 2.31 bits per heavy atom. The molecule has 5 heteroatoms. The molecule has 16 heavy (non-hydrogen) atoms. The molecular weight excluding hydrogens is 208 g/mol. The largest absolute Gasteiger partial charge is 0.377 e. The monoisotopic (exact) mass is 228 g/mol. The predicted octanol–water partition coefficient (Wildman–Crippen LogP) is -0.532. The van der Waals surface area contributed by atoms with Gasteiger partial charge in [0.05, 0.1) is 5.92 Å². The topological polar surface area (TPSA) is 50.8 Å². The third-order valence-electron chi connectivity index (χ3n) is 3.54. The van der Waals surface area contributed by atoms with Crippen LogP contribution in [0.4, 0.5) is 0 Å². The highest BCUT2D eigenvalue weighted by atomic mass is 16.5. The van der Waals surface area contributed by atoms with Crippen LogP contribution in [-0.2, 0) is 14.3 Å². The van der Waals surface area contributed by atoms with Crippen molar-refractivity contribution in [3.8, 4) is 0 Å². The van der Waals surface area contributed by atoms with Crippen LogP contribution in [0.2, 0.25) is 0 Å². The van der Waals surface area contributed by atoms with E-state index in [0.717, 1.165) is 19.5 Å². The fraction of sp³-hybridized carbons (Fsp3) is 0.909. The molecule has 0 unspecified atom stereocenters. The molecule has 1 amide bonds. The Balaban J connectivity index is 1.93. The van der Waals surface area contributed by atoms with Gasteiger partial charge in [-0.3, -0.25) is 4.79 Å². The minimum Gasteiger partial charge on any atom is -0.377 e. The van der Waals surface area contributed by atoms with Gasteiger partial charge in [0.15, 0.2) is 0 Å². The smallest absolute Gasteiger partial charge is 0.227 e. The maximum absolute atomic E-state index is 12.1. The molecule has 0 spiro atoms. The van der Waals surface area contributed by atoms with Gasteiger partial charge in [0.2, 0.25) is 5.91 Å². The van der Waals surface area contributed by atoms with Crippen molar-refractivity contribution in [2.75, 3.05) is 40.4 Å². The molecule has 2 fully saturated rings. The van der Waals surface area contributed by atoms with Gasteiger partial charge in [0, 0.05) is 33.9 Å². The van der Waals surface area contributed by atoms with E-state index in [4.69, 9.17) is 9.47 Å². The molecule has 2 rings (SSSR count). The van der Waals surface area contributed by atoms with Crippen LogP contribution in [0, 0.1) is 5.92 Å². The average molecular weight is 228 g/mol. The summed E-state index contributed by atoms with van der Waals surface area (Å²) >= 11 is 0. The molecule has 2 saturated heterocycles. The molecular formula is C11H20N2O3. The van der Waals surface area contributed by atoms with Gasteiger partial charge >= 0.3 is 0 Å². The summed E-state index contributed by atoms with van der Waals surface area (Å²) in [7, 11) is 3.34. The minimum absolute atomic E-state index is 0.0170. The maximum Gasteiger partial charge on any atom is 0.227 e. The highest BCUT2D eigenvalue weighted by molar-refractivity contribution is 5.79. The molecule has 0 saturated carbocycles. The number of nitrogens with one attached hydrogen (secondary N) is 1. The zero-order valence-corrected chi connectivity index (χ0v) is 9.94. The van der Waals surface area contributed by atoms with Crippen molar-refractivity contribution in [3.05, 3.63) is 0 Å². The van der Waals surface area contributed by atoms with Crippen LogP contribution in [0.1, 0.15) is 6.42 Å². The second-order valence-electron chi connectivity index (χ2n) is 4.48. The fourth-order valence-corrected chi connectivity index (χ4v) is 2.50. The van der Waals surface area contributed by atoms with Gasteiger partial charge in [-0.15, -0.1) is 0 Å². The van der Waals surface area contributed by atoms with Crippen molar-refractivity contribution in [1.82, 2.24) is 10.2 Å². The van der Waals surface area contributed by atoms with Crippen molar-refractivity contribution >= 4 is 5.91 Å². The van der Waals surface area contributed by atoms with E-state index in [1.165, 1.54) is 0 Å². The molecule has 0 aromatic carbocycles. The number of amides is 1. The molecule has 0 radical (unpaired) electrons. The lowest BCUT2D eigenvalue weighted by atomic mass is 10.1. The predicted molar refractivity (Wildman–Crippen MR) is 59.2 cm³/mol. The number of nitrogens with zero attached hydrogens (tertiary/aromatic N) is 1. The summed E-state index contributed by atoms with van der Waals surface area (Å²) in [5, 5.41) is 3.22. The second kappa shape index (κ2) is 5.12. The number of methoxy groups -OCH3 is 2. The molecule has 3 atom stereocenters. The number of carbonyl (C=O) groups is 1. The molecule has 0 aliphatic carbocycles. The first-order valence-corrected chi connectivity index (χ1v) is 5.81. The van der Waals surface area contributed by atoms with E-state index in [1.54, 1.807) is 14.2 Å². The summed E-state index contributed by atoms with van der Waals surface area (Å²) in [6, 6.07) is 0. The molecule has 0 aromatic rings. The SMILES string of the molecule is CO[C@@H]1CN(C(=O)[C@H]2CCNC2)C[C@H]1OC. The summed E-state index contributed by atoms with van der Waals surface area (Å²) < 4.78 is 10.6. The van der Waals surface area contributed by atoms with Crippen LogP contribution in [0.5, 0.6) is 0 Å². The zero-order valence-electron chi connectivity index (χ0n) is 9.94. The quantitative estimate of drug-likeness (QED) is 0.705. The third kappa shape index (κ3) is 2.21. The first-order chi connectivity index (χ1) is 7.76. The first kappa shape index (κ1) is 11.8. The first-order valence-electron chi connectivity index (χ1n) is 5.81. The van der Waals surface area contributed by atoms with Crippen molar-refractivity contribution in [3.63, 3.8) is 0 Å². The Hall–Kier alpha value is -0.650. The molecule has 1 N–H and O–H groups in total. The summed E-state index contributed by atoms with van der Waals surface area (Å²) in [4.78, 5) is 14.0. The molecule has 2 aliphatic rings. The average Bonchev–Trinajstić information content (AvgIpc) is 2.96. The Labute approximate surface area is 96.1 Å². The van der Waals surface area contributed by atoms with Crippen molar-refractivity contribution in [1.29, 1.82) is 0 Å². The normalized spacial score (nSPS) is 34.6. The molecule has 2 heterocycles. The van der Waals surface area contributed by atoms with E-state index in [1.807, 2.05) is 4.90 Å². The van der Waals surface area contributed by atoms with Gasteiger partial charge in [-0.05, 0) is 13.0 Å². The number of hydrogen-bond acceptors (Lipinski definition) is 4. The van der Waals surface area contributed by atoms with Gasteiger partial charge in [-0.25, -0.2) is 0 Å². The van der Waals surface area contributed by atoms with Gasteiger partial charge < -0.3 is 19.7 Å². The zero-order chi connectivity index (χ0) is 11.5. The molecule has 0 aromatic heterocycles. The molecule has 0 bridgehead atoms. The summed E-state index contributed by atoms with van der Waals surface area (Å²) in [6.45, 7) is 3.07. The van der Waals surface area contributed by atoms with Gasteiger partial charge in [0.1, 0.15) is 12.2 Å². The van der Waals surface area contributed by atoms with Crippen molar-refractivity contribution in [2.24, 2.45) is 5.92 Å². The summed E-state index contributed by atoms with van der Waals surface area (Å²) in [5.41, 5.74) is 0. The van der Waals surface area contributed by atoms with Crippen LogP contribution in [0.25, 0.3) is 0 Å². The summed E-state index contributed by atoms with van der Waals surface area (Å²) in [5.74, 6) is 0.389. The number of likely N-dealkylation sites (tertiary alicyclic amines) is 1. The second-order valence-corrected chi connectivity index (χ2v) is 4.48. The number of hydrogen-bond donors (Lipinski definition) is 1. The fourth-order valence-electron chi connectivity index (χ4n) is 2.50. The van der Waals surface area contributed by atoms with Crippen molar-refractivity contribution < 1.29 is 14.3 Å². The Bertz CT molecular complexity index is 242. The van der Waals surface area contributed by atoms with E-state index in [-0.39, 0.29) is 24.0 Å².